The van der Waals surface area contributed by atoms with Gasteiger partial charge in [0, 0.05) is 42.7 Å². The van der Waals surface area contributed by atoms with E-state index >= 15 is 0 Å². The lowest BCUT2D eigenvalue weighted by Crippen LogP contribution is -2.34. The summed E-state index contributed by atoms with van der Waals surface area (Å²) in [5.74, 6) is 0. The topological polar surface area (TPSA) is 7.12 Å². The van der Waals surface area contributed by atoms with Crippen molar-refractivity contribution >= 4 is 50.2 Å². The predicted molar refractivity (Wildman–Crippen MR) is 148 cm³/mol. The second kappa shape index (κ2) is 9.38. The van der Waals surface area contributed by atoms with Crippen LogP contribution in [0.2, 0.25) is 0 Å². The Labute approximate surface area is 206 Å². The third-order valence-electron chi connectivity index (χ3n) is 7.35. The first kappa shape index (κ1) is 21.6. The van der Waals surface area contributed by atoms with Crippen LogP contribution < -0.4 is 9.47 Å². The van der Waals surface area contributed by atoms with Gasteiger partial charge in [0.25, 0.3) is 5.01 Å². The smallest absolute Gasteiger partial charge is 0.262 e. The lowest BCUT2D eigenvalue weighted by molar-refractivity contribution is -0.669. The molecule has 0 saturated carbocycles. The number of allylic oxidation sites excluding steroid dienone is 2. The number of aromatic nitrogens is 1. The van der Waals surface area contributed by atoms with Gasteiger partial charge < -0.3 is 4.90 Å². The molecular formula is C31H33N2S+. The lowest BCUT2D eigenvalue weighted by atomic mass is 9.90. The van der Waals surface area contributed by atoms with Crippen molar-refractivity contribution in [2.45, 2.75) is 52.0 Å². The predicted octanol–water partition coefficient (Wildman–Crippen LogP) is 7.57. The molecule has 2 aliphatic rings. The van der Waals surface area contributed by atoms with E-state index in [-0.39, 0.29) is 0 Å². The summed E-state index contributed by atoms with van der Waals surface area (Å²) < 4.78 is 3.91. The van der Waals surface area contributed by atoms with Crippen molar-refractivity contribution in [3.8, 4) is 0 Å². The number of anilines is 1. The molecule has 0 radical (unpaired) electrons. The van der Waals surface area contributed by atoms with Gasteiger partial charge in [0.2, 0.25) is 5.52 Å². The fourth-order valence-corrected chi connectivity index (χ4v) is 6.97. The summed E-state index contributed by atoms with van der Waals surface area (Å²) in [7, 11) is 0. The molecule has 2 nitrogen and oxygen atoms in total. The van der Waals surface area contributed by atoms with Crippen molar-refractivity contribution in [3.05, 3.63) is 82.4 Å². The highest BCUT2D eigenvalue weighted by molar-refractivity contribution is 7.19. The quantitative estimate of drug-likeness (QED) is 0.210. The van der Waals surface area contributed by atoms with Crippen LogP contribution in [0.25, 0.3) is 33.1 Å². The van der Waals surface area contributed by atoms with Crippen LogP contribution in [0.5, 0.6) is 0 Å². The third kappa shape index (κ3) is 3.96. The van der Waals surface area contributed by atoms with Gasteiger partial charge in [-0.2, -0.15) is 4.57 Å². The van der Waals surface area contributed by atoms with E-state index in [0.29, 0.717) is 0 Å². The maximum Gasteiger partial charge on any atom is 0.262 e. The molecule has 3 aromatic carbocycles. The molecule has 0 fully saturated rings. The summed E-state index contributed by atoms with van der Waals surface area (Å²) in [4.78, 5) is 2.62. The summed E-state index contributed by atoms with van der Waals surface area (Å²) >= 11 is 1.92. The van der Waals surface area contributed by atoms with Crippen LogP contribution in [0, 0.1) is 0 Å². The third-order valence-corrected chi connectivity index (χ3v) is 8.55. The largest absolute Gasteiger partial charge is 0.371 e. The molecule has 0 amide bonds. The normalized spacial score (nSPS) is 15.7. The number of unbranched alkanes of at least 4 members (excludes halogenated alkanes) is 1. The Morgan fingerprint density at radius 2 is 1.71 bits per heavy atom. The van der Waals surface area contributed by atoms with Gasteiger partial charge in [-0.25, -0.2) is 0 Å². The van der Waals surface area contributed by atoms with Crippen molar-refractivity contribution in [1.29, 1.82) is 0 Å². The Hall–Kier alpha value is -2.91. The van der Waals surface area contributed by atoms with Crippen LogP contribution in [0.3, 0.4) is 0 Å². The summed E-state index contributed by atoms with van der Waals surface area (Å²) in [5.41, 5.74) is 7.38. The number of aryl methyl sites for hydroxylation is 3. The van der Waals surface area contributed by atoms with E-state index in [4.69, 9.17) is 0 Å². The van der Waals surface area contributed by atoms with E-state index in [1.807, 2.05) is 11.3 Å². The van der Waals surface area contributed by atoms with Crippen molar-refractivity contribution in [3.63, 3.8) is 0 Å². The van der Waals surface area contributed by atoms with E-state index in [2.05, 4.69) is 89.2 Å². The Kier molecular flexibility index (Phi) is 5.97. The van der Waals surface area contributed by atoms with Crippen LogP contribution in [-0.2, 0) is 19.4 Å². The minimum absolute atomic E-state index is 1.07. The first-order valence-corrected chi connectivity index (χ1v) is 13.7. The molecule has 0 aliphatic carbocycles. The maximum absolute atomic E-state index is 2.62. The molecule has 0 saturated heterocycles. The van der Waals surface area contributed by atoms with E-state index in [0.717, 1.165) is 6.54 Å². The molecule has 3 heterocycles. The highest BCUT2D eigenvalue weighted by Gasteiger charge is 2.24. The van der Waals surface area contributed by atoms with E-state index in [9.17, 15) is 0 Å². The molecule has 0 atom stereocenters. The van der Waals surface area contributed by atoms with E-state index in [1.54, 1.807) is 16.8 Å². The zero-order valence-corrected chi connectivity index (χ0v) is 20.9. The molecule has 1 aromatic heterocycles. The molecule has 0 bridgehead atoms. The van der Waals surface area contributed by atoms with Crippen LogP contribution in [0.1, 0.15) is 54.3 Å². The zero-order valence-electron chi connectivity index (χ0n) is 20.1. The van der Waals surface area contributed by atoms with Crippen molar-refractivity contribution < 1.29 is 4.57 Å². The summed E-state index contributed by atoms with van der Waals surface area (Å²) in [6, 6.07) is 18.2. The van der Waals surface area contributed by atoms with Gasteiger partial charge in [0.05, 0.1) is 0 Å². The Morgan fingerprint density at radius 1 is 0.941 bits per heavy atom. The van der Waals surface area contributed by atoms with Crippen molar-refractivity contribution in [1.82, 2.24) is 0 Å². The zero-order chi connectivity index (χ0) is 22.9. The summed E-state index contributed by atoms with van der Waals surface area (Å²) in [6.45, 7) is 5.82. The maximum atomic E-state index is 2.62. The molecular weight excluding hydrogens is 432 g/mol. The molecule has 34 heavy (non-hydrogen) atoms. The van der Waals surface area contributed by atoms with Gasteiger partial charge in [-0.15, -0.1) is 0 Å². The first-order valence-electron chi connectivity index (χ1n) is 12.9. The van der Waals surface area contributed by atoms with Gasteiger partial charge >= 0.3 is 0 Å². The highest BCUT2D eigenvalue weighted by atomic mass is 32.1. The standard InChI is InChI=1S/C31H33N2S/c1-2-3-20-33-28-17-16-24-11-5-6-14-27(24)31(28)34-29(33)15-7-4-10-23-21-25-12-8-18-32-19-9-13-26(22-23)30(25)32/h4-7,10-11,14-17,21-22H,2-3,8-9,12-13,18-20H2,1H3/q+1. The molecule has 3 heteroatoms. The Balaban J connectivity index is 1.31. The first-order chi connectivity index (χ1) is 16.8. The SMILES string of the molecule is CCCC[n+]1c(C=CC=Cc2cc3c4c(c2)CCCN4CCC3)sc2c3ccccc3ccc21. The fraction of sp³-hybridized carbons (Fsp3) is 0.323. The number of fused-ring (bicyclic) bond motifs is 3. The Morgan fingerprint density at radius 3 is 2.50 bits per heavy atom. The number of rotatable bonds is 6. The number of hydrogen-bond donors (Lipinski definition) is 0. The molecule has 4 aromatic rings. The molecule has 0 N–H and O–H groups in total. The number of thiazole rings is 1. The highest BCUT2D eigenvalue weighted by Crippen LogP contribution is 2.36. The molecule has 0 spiro atoms. The lowest BCUT2D eigenvalue weighted by Gasteiger charge is -2.37. The average Bonchev–Trinajstić information content (AvgIpc) is 3.23. The monoisotopic (exact) mass is 465 g/mol. The Bertz CT molecular complexity index is 1380. The van der Waals surface area contributed by atoms with E-state index < -0.39 is 0 Å². The van der Waals surface area contributed by atoms with Crippen molar-refractivity contribution in [2.75, 3.05) is 18.0 Å². The molecule has 0 unspecified atom stereocenters. The van der Waals surface area contributed by atoms with E-state index in [1.165, 1.54) is 83.2 Å². The second-order valence-electron chi connectivity index (χ2n) is 9.68. The summed E-state index contributed by atoms with van der Waals surface area (Å²) in [6.07, 6.45) is 16.5. The van der Waals surface area contributed by atoms with Crippen LogP contribution in [0.15, 0.2) is 60.7 Å². The molecule has 172 valence electrons. The molecule has 2 aliphatic heterocycles. The van der Waals surface area contributed by atoms with Crippen LogP contribution in [0.4, 0.5) is 5.69 Å². The van der Waals surface area contributed by atoms with Gasteiger partial charge in [0.1, 0.15) is 4.70 Å². The minimum Gasteiger partial charge on any atom is -0.371 e. The van der Waals surface area contributed by atoms with Gasteiger partial charge in [-0.05, 0) is 66.0 Å². The summed E-state index contributed by atoms with van der Waals surface area (Å²) in [5, 5.41) is 4.02. The number of nitrogens with zero attached hydrogens (tertiary/aromatic N) is 2. The minimum atomic E-state index is 1.07. The molecule has 6 rings (SSSR count). The van der Waals surface area contributed by atoms with Crippen molar-refractivity contribution in [2.24, 2.45) is 0 Å². The second-order valence-corrected chi connectivity index (χ2v) is 10.7. The number of hydrogen-bond acceptors (Lipinski definition) is 2. The van der Waals surface area contributed by atoms with Gasteiger partial charge in [-0.1, -0.05) is 67.2 Å². The van der Waals surface area contributed by atoms with Crippen LogP contribution >= 0.6 is 11.3 Å². The number of benzene rings is 3. The fourth-order valence-electron chi connectivity index (χ4n) is 5.73. The average molecular weight is 466 g/mol. The van der Waals surface area contributed by atoms with Crippen LogP contribution in [-0.4, -0.2) is 13.1 Å². The van der Waals surface area contributed by atoms with Gasteiger partial charge in [0.15, 0.2) is 6.54 Å². The van der Waals surface area contributed by atoms with Gasteiger partial charge in [-0.3, -0.25) is 0 Å².